The molecule has 2 saturated carbocycles. The summed E-state index contributed by atoms with van der Waals surface area (Å²) < 4.78 is 45.3. The van der Waals surface area contributed by atoms with Crippen molar-refractivity contribution in [2.24, 2.45) is 22.2 Å². The van der Waals surface area contributed by atoms with Crippen molar-refractivity contribution >= 4 is 17.3 Å². The summed E-state index contributed by atoms with van der Waals surface area (Å²) in [6.45, 7) is 11.6. The second-order valence-electron chi connectivity index (χ2n) is 10.3. The van der Waals surface area contributed by atoms with Crippen LogP contribution < -0.4 is 0 Å². The molecule has 1 heterocycles. The van der Waals surface area contributed by atoms with Gasteiger partial charge < -0.3 is 9.84 Å². The summed E-state index contributed by atoms with van der Waals surface area (Å²) in [5.74, 6) is -1.82. The molecule has 34 heavy (non-hydrogen) atoms. The van der Waals surface area contributed by atoms with E-state index >= 15 is 0 Å². The van der Waals surface area contributed by atoms with E-state index in [0.29, 0.717) is 24.8 Å². The van der Waals surface area contributed by atoms with Gasteiger partial charge in [0.15, 0.2) is 11.6 Å². The smallest absolute Gasteiger partial charge is 0.416 e. The minimum atomic E-state index is -4.49. The molecule has 182 valence electrons. The van der Waals surface area contributed by atoms with Gasteiger partial charge in [0.2, 0.25) is 0 Å². The van der Waals surface area contributed by atoms with E-state index in [0.717, 1.165) is 12.1 Å². The van der Waals surface area contributed by atoms with Crippen molar-refractivity contribution in [3.63, 3.8) is 0 Å². The molecule has 1 aromatic rings. The third kappa shape index (κ3) is 3.23. The Morgan fingerprint density at radius 1 is 1.09 bits per heavy atom. The maximum absolute atomic E-state index is 13.8. The Balaban J connectivity index is 1.86. The molecule has 1 aliphatic heterocycles. The van der Waals surface area contributed by atoms with Gasteiger partial charge in [-0.3, -0.25) is 9.59 Å². The zero-order valence-corrected chi connectivity index (χ0v) is 19.3. The number of rotatable bonds is 5. The van der Waals surface area contributed by atoms with Gasteiger partial charge in [0.1, 0.15) is 17.8 Å². The van der Waals surface area contributed by atoms with Crippen molar-refractivity contribution in [1.29, 1.82) is 0 Å². The summed E-state index contributed by atoms with van der Waals surface area (Å²) in [5.41, 5.74) is -3.17. The van der Waals surface area contributed by atoms with Crippen LogP contribution in [0.15, 0.2) is 55.7 Å². The fraction of sp³-hybridized carbons (Fsp3) is 0.481. The number of halogens is 3. The number of hydrogen-bond donors (Lipinski definition) is 1. The van der Waals surface area contributed by atoms with Crippen molar-refractivity contribution in [2.75, 3.05) is 0 Å². The Morgan fingerprint density at radius 2 is 1.71 bits per heavy atom. The number of allylic oxidation sites excluding steroid dienone is 3. The van der Waals surface area contributed by atoms with Crippen LogP contribution in [-0.2, 0) is 20.5 Å². The fourth-order valence-corrected chi connectivity index (χ4v) is 6.44. The zero-order valence-electron chi connectivity index (χ0n) is 19.3. The molecule has 1 aromatic carbocycles. The third-order valence-electron chi connectivity index (χ3n) is 8.37. The minimum Gasteiger partial charge on any atom is -0.488 e. The molecule has 7 heteroatoms. The number of alkyl halides is 3. The average Bonchev–Trinajstić information content (AvgIpc) is 2.77. The average molecular weight is 475 g/mol. The molecule has 0 radical (unpaired) electrons. The molecule has 4 rings (SSSR count). The van der Waals surface area contributed by atoms with Gasteiger partial charge in [-0.15, -0.1) is 13.2 Å². The van der Waals surface area contributed by atoms with E-state index in [-0.39, 0.29) is 18.0 Å². The van der Waals surface area contributed by atoms with E-state index in [4.69, 9.17) is 4.74 Å². The fourth-order valence-electron chi connectivity index (χ4n) is 6.44. The minimum absolute atomic E-state index is 0.0982. The Hall–Kier alpha value is -2.67. The van der Waals surface area contributed by atoms with Gasteiger partial charge in [-0.25, -0.2) is 0 Å². The molecule has 0 amide bonds. The second kappa shape index (κ2) is 7.94. The number of carbonyl (C=O) groups excluding carboxylic acids is 2. The van der Waals surface area contributed by atoms with Crippen molar-refractivity contribution in [3.8, 4) is 0 Å². The van der Waals surface area contributed by atoms with E-state index in [1.54, 1.807) is 12.2 Å². The van der Waals surface area contributed by atoms with Crippen LogP contribution in [0.4, 0.5) is 13.2 Å². The number of Topliss-reactive ketones (excluding diaryl/α,β-unsaturated/α-hetero) is 1. The van der Waals surface area contributed by atoms with Gasteiger partial charge in [0.25, 0.3) is 0 Å². The van der Waals surface area contributed by atoms with Crippen LogP contribution in [0.2, 0.25) is 0 Å². The summed E-state index contributed by atoms with van der Waals surface area (Å²) in [7, 11) is 0. The maximum atomic E-state index is 13.8. The summed E-state index contributed by atoms with van der Waals surface area (Å²) in [6.07, 6.45) is -0.489. The summed E-state index contributed by atoms with van der Waals surface area (Å²) in [5, 5.41) is 11.8. The van der Waals surface area contributed by atoms with Crippen LogP contribution in [0.3, 0.4) is 0 Å². The van der Waals surface area contributed by atoms with Crippen LogP contribution in [-0.4, -0.2) is 28.9 Å². The van der Waals surface area contributed by atoms with E-state index in [9.17, 15) is 27.9 Å². The van der Waals surface area contributed by atoms with E-state index in [1.165, 1.54) is 18.2 Å². The first-order valence-electron chi connectivity index (χ1n) is 11.4. The molecule has 3 aliphatic rings. The van der Waals surface area contributed by atoms with Gasteiger partial charge in [0, 0.05) is 17.1 Å². The lowest BCUT2D eigenvalue weighted by atomic mass is 9.39. The molecule has 2 aliphatic carbocycles. The van der Waals surface area contributed by atoms with Crippen LogP contribution in [0.25, 0.3) is 5.76 Å². The highest BCUT2D eigenvalue weighted by Crippen LogP contribution is 2.67. The van der Waals surface area contributed by atoms with Crippen LogP contribution in [0, 0.1) is 22.2 Å². The highest BCUT2D eigenvalue weighted by molar-refractivity contribution is 6.14. The van der Waals surface area contributed by atoms with Crippen LogP contribution in [0.5, 0.6) is 0 Å². The topological polar surface area (TPSA) is 63.6 Å². The molecular weight excluding hydrogens is 445 g/mol. The highest BCUT2D eigenvalue weighted by atomic mass is 19.4. The molecule has 2 bridgehead atoms. The predicted octanol–water partition coefficient (Wildman–Crippen LogP) is 5.52. The molecular formula is C27H29F3O4. The van der Waals surface area contributed by atoms with Crippen LogP contribution in [0.1, 0.15) is 50.7 Å². The first-order valence-corrected chi connectivity index (χ1v) is 11.4. The lowest BCUT2D eigenvalue weighted by Crippen LogP contribution is -2.74. The zero-order chi connectivity index (χ0) is 25.1. The quantitative estimate of drug-likeness (QED) is 0.451. The molecule has 5 atom stereocenters. The van der Waals surface area contributed by atoms with Gasteiger partial charge >= 0.3 is 6.18 Å². The molecule has 0 spiro atoms. The number of hydrogen-bond acceptors (Lipinski definition) is 4. The first-order chi connectivity index (χ1) is 15.9. The largest absolute Gasteiger partial charge is 0.488 e. The van der Waals surface area contributed by atoms with Crippen molar-refractivity contribution in [1.82, 2.24) is 0 Å². The Bertz CT molecular complexity index is 1070. The molecule has 3 unspecified atom stereocenters. The Morgan fingerprint density at radius 3 is 2.26 bits per heavy atom. The predicted molar refractivity (Wildman–Crippen MR) is 121 cm³/mol. The van der Waals surface area contributed by atoms with Gasteiger partial charge in [-0.05, 0) is 43.2 Å². The highest BCUT2D eigenvalue weighted by Gasteiger charge is 2.73. The van der Waals surface area contributed by atoms with Gasteiger partial charge in [0.05, 0.1) is 17.1 Å². The lowest BCUT2D eigenvalue weighted by molar-refractivity contribution is -0.244. The van der Waals surface area contributed by atoms with Crippen molar-refractivity contribution < 1.29 is 32.6 Å². The number of aliphatic hydroxyl groups is 1. The van der Waals surface area contributed by atoms with Gasteiger partial charge in [-0.2, -0.15) is 13.2 Å². The molecule has 4 nitrogen and oxygen atoms in total. The summed E-state index contributed by atoms with van der Waals surface area (Å²) in [6, 6.07) is 4.35. The standard InChI is InChI=1S/C27H29F3O4/c1-5-11-25-14-13-24(3,4)26(12-6-2,23(25)33)22-20(21(25)32)18(31)15-19(34-22)16-7-9-17(10-8-16)27(28,29)30/h5-10,15,20,22-23,33H,1-2,11-14H2,3-4H3/t20?,22?,23?,25-,26+/m1/s1. The number of aliphatic hydroxyl groups excluding tert-OH is 1. The number of ketones is 2. The Kier molecular flexibility index (Phi) is 5.71. The number of fused-ring (bicyclic) bond motifs is 4. The molecule has 0 aromatic heterocycles. The SMILES string of the molecule is C=CC[C@@]12CCC(C)(C)[C@@](CC=C)(C3OC(c4ccc(C(F)(F)F)cc4)=CC(=O)C3C1=O)C2O. The Labute approximate surface area is 197 Å². The molecule has 2 fully saturated rings. The summed E-state index contributed by atoms with van der Waals surface area (Å²) >= 11 is 0. The molecule has 0 saturated heterocycles. The number of benzene rings is 1. The maximum Gasteiger partial charge on any atom is 0.416 e. The normalized spacial score (nSPS) is 34.5. The van der Waals surface area contributed by atoms with E-state index in [2.05, 4.69) is 13.2 Å². The third-order valence-corrected chi connectivity index (χ3v) is 8.37. The van der Waals surface area contributed by atoms with Gasteiger partial charge in [-0.1, -0.05) is 38.1 Å². The van der Waals surface area contributed by atoms with Crippen LogP contribution >= 0.6 is 0 Å². The number of ether oxygens (including phenoxy) is 1. The first kappa shape index (κ1) is 24.5. The van der Waals surface area contributed by atoms with E-state index in [1.807, 2.05) is 13.8 Å². The monoisotopic (exact) mass is 474 g/mol. The summed E-state index contributed by atoms with van der Waals surface area (Å²) in [4.78, 5) is 27.2. The lowest BCUT2D eigenvalue weighted by Gasteiger charge is -2.66. The van der Waals surface area contributed by atoms with Crippen molar-refractivity contribution in [2.45, 2.75) is 57.9 Å². The van der Waals surface area contributed by atoms with Crippen molar-refractivity contribution in [3.05, 3.63) is 66.8 Å². The molecule has 1 N–H and O–H groups in total. The van der Waals surface area contributed by atoms with E-state index < -0.39 is 51.9 Å². The number of carbonyl (C=O) groups is 2. The second-order valence-corrected chi connectivity index (χ2v) is 10.3.